The fraction of sp³-hybridized carbons (Fsp3) is 0.167. The van der Waals surface area contributed by atoms with Gasteiger partial charge in [-0.05, 0) is 30.0 Å². The second kappa shape index (κ2) is 8.16. The van der Waals surface area contributed by atoms with Crippen molar-refractivity contribution in [2.75, 3.05) is 6.54 Å². The van der Waals surface area contributed by atoms with Crippen LogP contribution in [-0.4, -0.2) is 22.3 Å². The standard InChI is InChI=1S/C18H15ClN2O4S/c19-17-10-14(21(23)24)3-4-16(17)18(22)20(11-13-6-8-25-12-13)7-5-15-2-1-9-26-15/h1-4,6,8-10,12H,5,7,11H2. The molecule has 26 heavy (non-hydrogen) atoms. The summed E-state index contributed by atoms with van der Waals surface area (Å²) >= 11 is 7.76. The van der Waals surface area contributed by atoms with E-state index in [0.717, 1.165) is 5.56 Å². The Morgan fingerprint density at radius 1 is 1.31 bits per heavy atom. The zero-order valence-corrected chi connectivity index (χ0v) is 15.2. The number of hydrogen-bond donors (Lipinski definition) is 0. The molecule has 0 fully saturated rings. The number of carbonyl (C=O) groups is 1. The number of hydrogen-bond acceptors (Lipinski definition) is 5. The van der Waals surface area contributed by atoms with Crippen LogP contribution in [0.15, 0.2) is 58.7 Å². The molecule has 0 aliphatic heterocycles. The normalized spacial score (nSPS) is 10.7. The van der Waals surface area contributed by atoms with Crippen molar-refractivity contribution < 1.29 is 14.1 Å². The van der Waals surface area contributed by atoms with Gasteiger partial charge in [-0.15, -0.1) is 11.3 Å². The number of nitro groups is 1. The van der Waals surface area contributed by atoms with E-state index in [1.54, 1.807) is 34.8 Å². The Kier molecular flexibility index (Phi) is 5.70. The topological polar surface area (TPSA) is 76.6 Å². The third-order valence-electron chi connectivity index (χ3n) is 3.84. The highest BCUT2D eigenvalue weighted by Gasteiger charge is 2.21. The van der Waals surface area contributed by atoms with Crippen LogP contribution in [0.2, 0.25) is 5.02 Å². The largest absolute Gasteiger partial charge is 0.472 e. The molecule has 0 bridgehead atoms. The Hall–Kier alpha value is -2.64. The second-order valence-electron chi connectivity index (χ2n) is 5.61. The van der Waals surface area contributed by atoms with Gasteiger partial charge in [-0.2, -0.15) is 0 Å². The number of halogens is 1. The number of amides is 1. The molecule has 6 nitrogen and oxygen atoms in total. The maximum Gasteiger partial charge on any atom is 0.270 e. The van der Waals surface area contributed by atoms with E-state index in [0.29, 0.717) is 19.5 Å². The number of thiophene rings is 1. The lowest BCUT2D eigenvalue weighted by Crippen LogP contribution is -2.32. The average Bonchev–Trinajstić information content (AvgIpc) is 3.31. The van der Waals surface area contributed by atoms with Gasteiger partial charge in [0.1, 0.15) is 0 Å². The predicted octanol–water partition coefficient (Wildman–Crippen LogP) is 4.79. The van der Waals surface area contributed by atoms with Crippen molar-refractivity contribution in [1.29, 1.82) is 0 Å². The number of nitro benzene ring substituents is 1. The summed E-state index contributed by atoms with van der Waals surface area (Å²) < 4.78 is 5.08. The van der Waals surface area contributed by atoms with Crippen molar-refractivity contribution in [1.82, 2.24) is 4.90 Å². The molecular weight excluding hydrogens is 376 g/mol. The Morgan fingerprint density at radius 2 is 2.15 bits per heavy atom. The minimum Gasteiger partial charge on any atom is -0.472 e. The van der Waals surface area contributed by atoms with Crippen LogP contribution in [0, 0.1) is 10.1 Å². The molecule has 3 rings (SSSR count). The number of nitrogens with zero attached hydrogens (tertiary/aromatic N) is 2. The molecule has 0 aliphatic rings. The first-order valence-corrected chi connectivity index (χ1v) is 9.07. The summed E-state index contributed by atoms with van der Waals surface area (Å²) in [6.07, 6.45) is 3.85. The van der Waals surface area contributed by atoms with Crippen LogP contribution in [0.1, 0.15) is 20.8 Å². The summed E-state index contributed by atoms with van der Waals surface area (Å²) in [5.74, 6) is -0.275. The third kappa shape index (κ3) is 4.30. The van der Waals surface area contributed by atoms with Crippen LogP contribution in [-0.2, 0) is 13.0 Å². The van der Waals surface area contributed by atoms with Crippen LogP contribution >= 0.6 is 22.9 Å². The van der Waals surface area contributed by atoms with Crippen LogP contribution in [0.5, 0.6) is 0 Å². The number of non-ortho nitro benzene ring substituents is 1. The first kappa shape index (κ1) is 18.2. The van der Waals surface area contributed by atoms with Crippen molar-refractivity contribution in [2.24, 2.45) is 0 Å². The molecule has 8 heteroatoms. The van der Waals surface area contributed by atoms with Gasteiger partial charge in [0.2, 0.25) is 0 Å². The molecule has 0 N–H and O–H groups in total. The molecule has 0 atom stereocenters. The van der Waals surface area contributed by atoms with Gasteiger partial charge in [-0.1, -0.05) is 17.7 Å². The van der Waals surface area contributed by atoms with E-state index in [1.165, 1.54) is 23.1 Å². The molecule has 2 heterocycles. The zero-order valence-electron chi connectivity index (χ0n) is 13.6. The first-order valence-electron chi connectivity index (χ1n) is 7.81. The zero-order chi connectivity index (χ0) is 18.5. The third-order valence-corrected chi connectivity index (χ3v) is 5.09. The maximum absolute atomic E-state index is 13.0. The maximum atomic E-state index is 13.0. The lowest BCUT2D eigenvalue weighted by Gasteiger charge is -2.22. The highest BCUT2D eigenvalue weighted by molar-refractivity contribution is 7.09. The van der Waals surface area contributed by atoms with E-state index in [-0.39, 0.29) is 22.2 Å². The Morgan fingerprint density at radius 3 is 2.77 bits per heavy atom. The monoisotopic (exact) mass is 390 g/mol. The van der Waals surface area contributed by atoms with E-state index in [4.69, 9.17) is 16.0 Å². The highest BCUT2D eigenvalue weighted by Crippen LogP contribution is 2.24. The summed E-state index contributed by atoms with van der Waals surface area (Å²) in [6, 6.07) is 9.66. The molecule has 0 saturated heterocycles. The van der Waals surface area contributed by atoms with Crippen LogP contribution in [0.3, 0.4) is 0 Å². The van der Waals surface area contributed by atoms with Gasteiger partial charge in [0.15, 0.2) is 0 Å². The van der Waals surface area contributed by atoms with Gasteiger partial charge >= 0.3 is 0 Å². The van der Waals surface area contributed by atoms with Crippen LogP contribution < -0.4 is 0 Å². The molecule has 3 aromatic rings. The molecule has 134 valence electrons. The Labute approximate surface area is 158 Å². The van der Waals surface area contributed by atoms with Crippen LogP contribution in [0.25, 0.3) is 0 Å². The van der Waals surface area contributed by atoms with Crippen molar-refractivity contribution in [3.05, 3.63) is 85.4 Å². The lowest BCUT2D eigenvalue weighted by atomic mass is 10.1. The summed E-state index contributed by atoms with van der Waals surface area (Å²) in [7, 11) is 0. The number of benzene rings is 1. The van der Waals surface area contributed by atoms with E-state index in [9.17, 15) is 14.9 Å². The molecule has 0 radical (unpaired) electrons. The van der Waals surface area contributed by atoms with E-state index < -0.39 is 4.92 Å². The molecule has 1 amide bonds. The van der Waals surface area contributed by atoms with Gasteiger partial charge in [0, 0.05) is 35.7 Å². The Balaban J connectivity index is 1.82. The molecule has 0 unspecified atom stereocenters. The van der Waals surface area contributed by atoms with Crippen molar-refractivity contribution >= 4 is 34.5 Å². The van der Waals surface area contributed by atoms with Gasteiger partial charge < -0.3 is 9.32 Å². The molecule has 0 spiro atoms. The number of carbonyl (C=O) groups excluding carboxylic acids is 1. The van der Waals surface area contributed by atoms with Crippen molar-refractivity contribution in [3.8, 4) is 0 Å². The van der Waals surface area contributed by atoms with Gasteiger partial charge in [-0.3, -0.25) is 14.9 Å². The lowest BCUT2D eigenvalue weighted by molar-refractivity contribution is -0.384. The molecule has 1 aromatic carbocycles. The van der Waals surface area contributed by atoms with E-state index in [1.807, 2.05) is 17.5 Å². The van der Waals surface area contributed by atoms with Crippen molar-refractivity contribution in [3.63, 3.8) is 0 Å². The Bertz CT molecular complexity index is 894. The van der Waals surface area contributed by atoms with Crippen molar-refractivity contribution in [2.45, 2.75) is 13.0 Å². The summed E-state index contributed by atoms with van der Waals surface area (Å²) in [5.41, 5.74) is 0.959. The average molecular weight is 391 g/mol. The fourth-order valence-corrected chi connectivity index (χ4v) is 3.47. The van der Waals surface area contributed by atoms with E-state index >= 15 is 0 Å². The van der Waals surface area contributed by atoms with Gasteiger partial charge in [0.05, 0.1) is 28.0 Å². The minimum atomic E-state index is -0.541. The summed E-state index contributed by atoms with van der Waals surface area (Å²) in [4.78, 5) is 26.1. The fourth-order valence-electron chi connectivity index (χ4n) is 2.52. The number of rotatable bonds is 7. The predicted molar refractivity (Wildman–Crippen MR) is 99.6 cm³/mol. The second-order valence-corrected chi connectivity index (χ2v) is 7.05. The number of furan rings is 1. The van der Waals surface area contributed by atoms with Gasteiger partial charge in [-0.25, -0.2) is 0 Å². The molecule has 0 aliphatic carbocycles. The SMILES string of the molecule is O=C(c1ccc([N+](=O)[O-])cc1Cl)N(CCc1cccs1)Cc1ccoc1. The molecule has 0 saturated carbocycles. The van der Waals surface area contributed by atoms with E-state index in [2.05, 4.69) is 0 Å². The smallest absolute Gasteiger partial charge is 0.270 e. The minimum absolute atomic E-state index is 0.0671. The first-order chi connectivity index (χ1) is 12.5. The molecular formula is C18H15ClN2O4S. The highest BCUT2D eigenvalue weighted by atomic mass is 35.5. The molecule has 2 aromatic heterocycles. The van der Waals surface area contributed by atoms with Gasteiger partial charge in [0.25, 0.3) is 11.6 Å². The summed E-state index contributed by atoms with van der Waals surface area (Å²) in [6.45, 7) is 0.867. The summed E-state index contributed by atoms with van der Waals surface area (Å²) in [5, 5.41) is 12.9. The quantitative estimate of drug-likeness (QED) is 0.429. The van der Waals surface area contributed by atoms with Crippen LogP contribution in [0.4, 0.5) is 5.69 Å².